The van der Waals surface area contributed by atoms with E-state index in [2.05, 4.69) is 5.29 Å². The van der Waals surface area contributed by atoms with E-state index in [4.69, 9.17) is 5.11 Å². The lowest BCUT2D eigenvalue weighted by Gasteiger charge is -2.09. The van der Waals surface area contributed by atoms with Crippen molar-refractivity contribution in [3.05, 3.63) is 40.8 Å². The van der Waals surface area contributed by atoms with Gasteiger partial charge >= 0.3 is 5.97 Å². The van der Waals surface area contributed by atoms with E-state index >= 15 is 0 Å². The molecule has 0 radical (unpaired) electrons. The van der Waals surface area contributed by atoms with E-state index in [1.165, 1.54) is 0 Å². The van der Waals surface area contributed by atoms with E-state index in [9.17, 15) is 9.70 Å². The SMILES string of the molecule is O=NN[C@@H](CCc1ccccc1)C(=O)O. The Morgan fingerprint density at radius 2 is 2.07 bits per heavy atom. The van der Waals surface area contributed by atoms with E-state index in [0.29, 0.717) is 12.8 Å². The third kappa shape index (κ3) is 3.76. The zero-order valence-corrected chi connectivity index (χ0v) is 8.09. The number of carbonyl (C=O) groups is 1. The summed E-state index contributed by atoms with van der Waals surface area (Å²) < 4.78 is 0. The topological polar surface area (TPSA) is 78.8 Å². The first-order chi connectivity index (χ1) is 7.24. The molecule has 0 amide bonds. The average molecular weight is 208 g/mol. The van der Waals surface area contributed by atoms with Crippen molar-refractivity contribution < 1.29 is 9.90 Å². The van der Waals surface area contributed by atoms with Gasteiger partial charge in [0.1, 0.15) is 6.04 Å². The Morgan fingerprint density at radius 3 is 2.60 bits per heavy atom. The van der Waals surface area contributed by atoms with E-state index in [1.54, 1.807) is 0 Å². The lowest BCUT2D eigenvalue weighted by Crippen LogP contribution is -2.33. The first-order valence-electron chi connectivity index (χ1n) is 4.58. The fraction of sp³-hybridized carbons (Fsp3) is 0.300. The van der Waals surface area contributed by atoms with Gasteiger partial charge in [-0.15, -0.1) is 4.91 Å². The van der Waals surface area contributed by atoms with Gasteiger partial charge in [-0.2, -0.15) is 0 Å². The lowest BCUT2D eigenvalue weighted by molar-refractivity contribution is -0.139. The molecule has 0 aliphatic rings. The normalized spacial score (nSPS) is 11.7. The number of benzene rings is 1. The van der Waals surface area contributed by atoms with Crippen LogP contribution in [0.1, 0.15) is 12.0 Å². The van der Waals surface area contributed by atoms with Gasteiger partial charge in [0.25, 0.3) is 0 Å². The predicted molar refractivity (Wildman–Crippen MR) is 55.1 cm³/mol. The Labute approximate surface area is 87.1 Å². The minimum absolute atomic E-state index is 0.338. The zero-order chi connectivity index (χ0) is 11.1. The molecule has 5 nitrogen and oxygen atoms in total. The van der Waals surface area contributed by atoms with Gasteiger partial charge in [0.2, 0.25) is 0 Å². The number of nitroso groups, excluding NO2 is 1. The Morgan fingerprint density at radius 1 is 1.40 bits per heavy atom. The van der Waals surface area contributed by atoms with Gasteiger partial charge in [0.15, 0.2) is 0 Å². The van der Waals surface area contributed by atoms with Crippen LogP contribution in [0.2, 0.25) is 0 Å². The molecule has 0 spiro atoms. The number of aliphatic carboxylic acids is 1. The van der Waals surface area contributed by atoms with Crippen molar-refractivity contribution in [3.63, 3.8) is 0 Å². The largest absolute Gasteiger partial charge is 0.480 e. The highest BCUT2D eigenvalue weighted by Crippen LogP contribution is 2.05. The van der Waals surface area contributed by atoms with Gasteiger partial charge in [-0.1, -0.05) is 30.3 Å². The summed E-state index contributed by atoms with van der Waals surface area (Å²) >= 11 is 0. The maximum atomic E-state index is 10.6. The highest BCUT2D eigenvalue weighted by atomic mass is 16.4. The smallest absolute Gasteiger partial charge is 0.327 e. The Bertz CT molecular complexity index is 327. The van der Waals surface area contributed by atoms with Crippen molar-refractivity contribution in [3.8, 4) is 0 Å². The molecule has 0 unspecified atom stereocenters. The van der Waals surface area contributed by atoms with Gasteiger partial charge in [0, 0.05) is 0 Å². The Hall–Kier alpha value is -1.91. The number of rotatable bonds is 6. The molecule has 0 saturated heterocycles. The second kappa shape index (κ2) is 5.74. The molecule has 1 aromatic carbocycles. The standard InChI is InChI=1S/C10H12N2O3/c13-10(14)9(11-12-15)7-6-8-4-2-1-3-5-8/h1-5,9H,6-7H2,(H,11,15)(H,13,14)/t9-/m0/s1. The number of hydrogen-bond acceptors (Lipinski definition) is 3. The highest BCUT2D eigenvalue weighted by Gasteiger charge is 2.16. The summed E-state index contributed by atoms with van der Waals surface area (Å²) in [5.74, 6) is -1.06. The van der Waals surface area contributed by atoms with Crippen LogP contribution in [-0.2, 0) is 11.2 Å². The molecule has 1 rings (SSSR count). The summed E-state index contributed by atoms with van der Waals surface area (Å²) in [6, 6.07) is 8.57. The molecule has 2 N–H and O–H groups in total. The van der Waals surface area contributed by atoms with Crippen LogP contribution in [0.3, 0.4) is 0 Å². The van der Waals surface area contributed by atoms with Crippen molar-refractivity contribution in [1.82, 2.24) is 5.43 Å². The van der Waals surface area contributed by atoms with Gasteiger partial charge in [0.05, 0.1) is 5.29 Å². The molecule has 1 aromatic rings. The molecule has 0 aromatic heterocycles. The molecule has 0 saturated carbocycles. The second-order valence-corrected chi connectivity index (χ2v) is 3.14. The maximum Gasteiger partial charge on any atom is 0.327 e. The minimum atomic E-state index is -1.06. The van der Waals surface area contributed by atoms with Crippen molar-refractivity contribution in [2.45, 2.75) is 18.9 Å². The third-order valence-electron chi connectivity index (χ3n) is 2.07. The molecule has 80 valence electrons. The molecule has 0 aliphatic carbocycles. The van der Waals surface area contributed by atoms with Crippen LogP contribution in [0.15, 0.2) is 35.6 Å². The molecule has 0 fully saturated rings. The number of nitrogens with one attached hydrogen (secondary N) is 1. The van der Waals surface area contributed by atoms with E-state index in [1.807, 2.05) is 35.8 Å². The molecule has 1 atom stereocenters. The fourth-order valence-corrected chi connectivity index (χ4v) is 1.26. The van der Waals surface area contributed by atoms with Crippen LogP contribution in [-0.4, -0.2) is 17.1 Å². The zero-order valence-electron chi connectivity index (χ0n) is 8.09. The van der Waals surface area contributed by atoms with Crippen molar-refractivity contribution in [2.75, 3.05) is 0 Å². The molecule has 0 heterocycles. The minimum Gasteiger partial charge on any atom is -0.480 e. The van der Waals surface area contributed by atoms with Crippen molar-refractivity contribution >= 4 is 5.97 Å². The summed E-state index contributed by atoms with van der Waals surface area (Å²) in [7, 11) is 0. The van der Waals surface area contributed by atoms with Crippen molar-refractivity contribution in [1.29, 1.82) is 0 Å². The lowest BCUT2D eigenvalue weighted by atomic mass is 10.1. The van der Waals surface area contributed by atoms with Crippen LogP contribution in [0, 0.1) is 4.91 Å². The monoisotopic (exact) mass is 208 g/mol. The van der Waals surface area contributed by atoms with Gasteiger partial charge in [-0.3, -0.25) is 5.43 Å². The molecule has 0 aliphatic heterocycles. The Kier molecular flexibility index (Phi) is 4.28. The van der Waals surface area contributed by atoms with Gasteiger partial charge in [-0.05, 0) is 18.4 Å². The van der Waals surface area contributed by atoms with Gasteiger partial charge < -0.3 is 5.11 Å². The summed E-state index contributed by atoms with van der Waals surface area (Å²) in [6.07, 6.45) is 0.936. The third-order valence-corrected chi connectivity index (χ3v) is 2.07. The van der Waals surface area contributed by atoms with Crippen LogP contribution >= 0.6 is 0 Å². The maximum absolute atomic E-state index is 10.6. The first kappa shape index (κ1) is 11.2. The van der Waals surface area contributed by atoms with Crippen LogP contribution in [0.25, 0.3) is 0 Å². The molecule has 15 heavy (non-hydrogen) atoms. The summed E-state index contributed by atoms with van der Waals surface area (Å²) in [4.78, 5) is 20.6. The quantitative estimate of drug-likeness (QED) is 0.546. The predicted octanol–water partition coefficient (Wildman–Crippen LogP) is 1.34. The molecular formula is C10H12N2O3. The van der Waals surface area contributed by atoms with Crippen molar-refractivity contribution in [2.24, 2.45) is 5.29 Å². The van der Waals surface area contributed by atoms with E-state index in [0.717, 1.165) is 5.56 Å². The Balaban J connectivity index is 2.47. The van der Waals surface area contributed by atoms with Crippen LogP contribution in [0.4, 0.5) is 0 Å². The van der Waals surface area contributed by atoms with Gasteiger partial charge in [-0.25, -0.2) is 4.79 Å². The average Bonchev–Trinajstić information content (AvgIpc) is 2.25. The summed E-state index contributed by atoms with van der Waals surface area (Å²) in [6.45, 7) is 0. The van der Waals surface area contributed by atoms with E-state index < -0.39 is 12.0 Å². The van der Waals surface area contributed by atoms with Crippen LogP contribution < -0.4 is 5.43 Å². The molecule has 5 heteroatoms. The fourth-order valence-electron chi connectivity index (χ4n) is 1.26. The number of carboxylic acids is 1. The molecular weight excluding hydrogens is 196 g/mol. The number of hydrogen-bond donors (Lipinski definition) is 2. The second-order valence-electron chi connectivity index (χ2n) is 3.14. The number of aryl methyl sites for hydroxylation is 1. The van der Waals surface area contributed by atoms with Crippen LogP contribution in [0.5, 0.6) is 0 Å². The molecule has 0 bridgehead atoms. The summed E-state index contributed by atoms with van der Waals surface area (Å²) in [5, 5.41) is 11.1. The van der Waals surface area contributed by atoms with E-state index in [-0.39, 0.29) is 0 Å². The first-order valence-corrected chi connectivity index (χ1v) is 4.58. The number of carboxylic acid groups (broad SMARTS) is 1. The highest BCUT2D eigenvalue weighted by molar-refractivity contribution is 5.73. The number of nitrogens with zero attached hydrogens (tertiary/aromatic N) is 1. The summed E-state index contributed by atoms with van der Waals surface area (Å²) in [5.41, 5.74) is 3.06.